The largest absolute Gasteiger partial charge is 0.416 e. The van der Waals surface area contributed by atoms with Gasteiger partial charge in [-0.25, -0.2) is 9.97 Å². The van der Waals surface area contributed by atoms with Gasteiger partial charge in [0, 0.05) is 29.9 Å². The lowest BCUT2D eigenvalue weighted by Gasteiger charge is -2.09. The molecule has 5 aromatic rings. The summed E-state index contributed by atoms with van der Waals surface area (Å²) in [5.74, 6) is 6.02. The highest BCUT2D eigenvalue weighted by Crippen LogP contribution is 2.30. The number of fused-ring (bicyclic) bond motifs is 1. The molecule has 8 nitrogen and oxygen atoms in total. The zero-order chi connectivity index (χ0) is 26.2. The summed E-state index contributed by atoms with van der Waals surface area (Å²) < 4.78 is 42.3. The van der Waals surface area contributed by atoms with E-state index >= 15 is 0 Å². The molecule has 0 aliphatic rings. The second-order valence-electron chi connectivity index (χ2n) is 8.23. The lowest BCUT2D eigenvalue weighted by Crippen LogP contribution is -2.14. The lowest BCUT2D eigenvalue weighted by atomic mass is 10.0. The molecule has 0 aliphatic carbocycles. The van der Waals surface area contributed by atoms with Crippen LogP contribution < -0.4 is 5.32 Å². The maximum atomic E-state index is 12.9. The standard InChI is InChI=1S/C26H18F3N7O/c1-16-3-6-19(25(37)32-23-13-20(9-10-30-23)26(27,28)29)12-18(16)7-4-17-5-8-22-21(11-17)31-15-36(22)24-14-35(2)34-33-24/h3,5-6,8-15H,1-2H3,(H,30,32,37). The van der Waals surface area contributed by atoms with Crippen LogP contribution in [0.1, 0.15) is 32.6 Å². The Hall–Kier alpha value is -4.98. The molecule has 2 aromatic carbocycles. The number of aryl methyl sites for hydroxylation is 2. The van der Waals surface area contributed by atoms with Gasteiger partial charge in [0.2, 0.25) is 0 Å². The number of imidazole rings is 1. The average Bonchev–Trinajstić information content (AvgIpc) is 3.48. The maximum absolute atomic E-state index is 12.9. The number of alkyl halides is 3. The van der Waals surface area contributed by atoms with Crippen molar-refractivity contribution in [2.24, 2.45) is 7.05 Å². The summed E-state index contributed by atoms with van der Waals surface area (Å²) in [7, 11) is 1.78. The normalized spacial score (nSPS) is 11.3. The van der Waals surface area contributed by atoms with Crippen LogP contribution in [0.4, 0.5) is 19.0 Å². The van der Waals surface area contributed by atoms with Gasteiger partial charge in [0.1, 0.15) is 12.1 Å². The number of aromatic nitrogens is 6. The molecule has 0 saturated carbocycles. The number of pyridine rings is 1. The molecule has 5 rings (SSSR count). The van der Waals surface area contributed by atoms with E-state index in [0.29, 0.717) is 11.4 Å². The smallest absolute Gasteiger partial charge is 0.307 e. The fourth-order valence-electron chi connectivity index (χ4n) is 3.62. The van der Waals surface area contributed by atoms with Crippen LogP contribution in [-0.4, -0.2) is 35.4 Å². The van der Waals surface area contributed by atoms with Crippen LogP contribution in [0.25, 0.3) is 16.9 Å². The number of carbonyl (C=O) groups excluding carboxylic acids is 1. The van der Waals surface area contributed by atoms with Gasteiger partial charge in [-0.05, 0) is 55.0 Å². The predicted octanol–water partition coefficient (Wildman–Crippen LogP) is 4.53. The SMILES string of the molecule is Cc1ccc(C(=O)Nc2cc(C(F)(F)F)ccn2)cc1C#Cc1ccc2c(c1)ncn2-c1cn(C)nn1. The van der Waals surface area contributed by atoms with Crippen LogP contribution in [0.3, 0.4) is 0 Å². The van der Waals surface area contributed by atoms with Crippen LogP contribution in [-0.2, 0) is 13.2 Å². The first-order valence-corrected chi connectivity index (χ1v) is 11.0. The van der Waals surface area contributed by atoms with Gasteiger partial charge in [-0.15, -0.1) is 5.10 Å². The van der Waals surface area contributed by atoms with E-state index in [9.17, 15) is 18.0 Å². The molecule has 3 heterocycles. The van der Waals surface area contributed by atoms with E-state index in [0.717, 1.165) is 40.5 Å². The molecule has 0 aliphatic heterocycles. The average molecular weight is 501 g/mol. The number of hydrogen-bond donors (Lipinski definition) is 1. The van der Waals surface area contributed by atoms with E-state index in [1.165, 1.54) is 0 Å². The second kappa shape index (κ2) is 9.23. The number of rotatable bonds is 3. The number of nitrogens with zero attached hydrogens (tertiary/aromatic N) is 6. The third-order valence-corrected chi connectivity index (χ3v) is 5.55. The van der Waals surface area contributed by atoms with Gasteiger partial charge in [0.25, 0.3) is 5.91 Å². The van der Waals surface area contributed by atoms with Gasteiger partial charge in [-0.1, -0.05) is 23.1 Å². The van der Waals surface area contributed by atoms with Crippen molar-refractivity contribution in [3.63, 3.8) is 0 Å². The van der Waals surface area contributed by atoms with E-state index in [1.54, 1.807) is 42.5 Å². The summed E-state index contributed by atoms with van der Waals surface area (Å²) in [6.07, 6.45) is -0.0926. The molecular weight excluding hydrogens is 483 g/mol. The monoisotopic (exact) mass is 501 g/mol. The molecular formula is C26H18F3N7O. The number of nitrogens with one attached hydrogen (secondary N) is 1. The van der Waals surface area contributed by atoms with Gasteiger partial charge < -0.3 is 5.32 Å². The topological polar surface area (TPSA) is 90.5 Å². The Morgan fingerprint density at radius 2 is 1.86 bits per heavy atom. The third kappa shape index (κ3) is 5.04. The van der Waals surface area contributed by atoms with Crippen molar-refractivity contribution in [1.82, 2.24) is 29.5 Å². The van der Waals surface area contributed by atoms with Crippen LogP contribution in [0.2, 0.25) is 0 Å². The van der Waals surface area contributed by atoms with Crippen LogP contribution in [0.15, 0.2) is 67.3 Å². The molecule has 0 saturated heterocycles. The molecule has 0 spiro atoms. The van der Waals surface area contributed by atoms with Crippen molar-refractivity contribution < 1.29 is 18.0 Å². The fourth-order valence-corrected chi connectivity index (χ4v) is 3.62. The van der Waals surface area contributed by atoms with Crippen LogP contribution >= 0.6 is 0 Å². The van der Waals surface area contributed by atoms with Crippen molar-refractivity contribution in [3.8, 4) is 17.7 Å². The van der Waals surface area contributed by atoms with Gasteiger partial charge in [0.05, 0.1) is 22.8 Å². The van der Waals surface area contributed by atoms with E-state index in [1.807, 2.05) is 29.7 Å². The zero-order valence-corrected chi connectivity index (χ0v) is 19.6. The Morgan fingerprint density at radius 3 is 2.62 bits per heavy atom. The molecule has 184 valence electrons. The van der Waals surface area contributed by atoms with E-state index in [4.69, 9.17) is 0 Å². The van der Waals surface area contributed by atoms with Crippen molar-refractivity contribution in [1.29, 1.82) is 0 Å². The van der Waals surface area contributed by atoms with E-state index < -0.39 is 17.6 Å². The first kappa shape index (κ1) is 23.7. The third-order valence-electron chi connectivity index (χ3n) is 5.55. The minimum atomic E-state index is -4.54. The summed E-state index contributed by atoms with van der Waals surface area (Å²) in [5, 5.41) is 10.5. The van der Waals surface area contributed by atoms with Crippen molar-refractivity contribution in [2.45, 2.75) is 13.1 Å². The molecule has 1 amide bonds. The van der Waals surface area contributed by atoms with Crippen molar-refractivity contribution in [3.05, 3.63) is 95.1 Å². The zero-order valence-electron chi connectivity index (χ0n) is 19.6. The minimum Gasteiger partial charge on any atom is -0.307 e. The molecule has 0 fully saturated rings. The van der Waals surface area contributed by atoms with Gasteiger partial charge in [-0.2, -0.15) is 13.2 Å². The quantitative estimate of drug-likeness (QED) is 0.367. The Bertz CT molecular complexity index is 1710. The maximum Gasteiger partial charge on any atom is 0.416 e. The number of carbonyl (C=O) groups is 1. The fraction of sp³-hybridized carbons (Fsp3) is 0.115. The summed E-state index contributed by atoms with van der Waals surface area (Å²) in [6.45, 7) is 1.85. The summed E-state index contributed by atoms with van der Waals surface area (Å²) in [6, 6.07) is 12.1. The first-order chi connectivity index (χ1) is 17.7. The summed E-state index contributed by atoms with van der Waals surface area (Å²) >= 11 is 0. The number of anilines is 1. The van der Waals surface area contributed by atoms with Crippen LogP contribution in [0, 0.1) is 18.8 Å². The molecule has 3 aromatic heterocycles. The van der Waals surface area contributed by atoms with Gasteiger partial charge in [-0.3, -0.25) is 14.0 Å². The van der Waals surface area contributed by atoms with Crippen LogP contribution in [0.5, 0.6) is 0 Å². The number of amides is 1. The molecule has 0 unspecified atom stereocenters. The Kier molecular flexibility index (Phi) is 5.93. The number of hydrogen-bond acceptors (Lipinski definition) is 5. The molecule has 0 atom stereocenters. The van der Waals surface area contributed by atoms with Gasteiger partial charge in [0.15, 0.2) is 5.82 Å². The highest BCUT2D eigenvalue weighted by molar-refractivity contribution is 6.04. The number of halogens is 3. The van der Waals surface area contributed by atoms with E-state index in [2.05, 4.69) is 37.4 Å². The van der Waals surface area contributed by atoms with Gasteiger partial charge >= 0.3 is 6.18 Å². The summed E-state index contributed by atoms with van der Waals surface area (Å²) in [5.41, 5.74) is 3.10. The van der Waals surface area contributed by atoms with Crippen molar-refractivity contribution >= 4 is 22.8 Å². The number of benzene rings is 2. The van der Waals surface area contributed by atoms with E-state index in [-0.39, 0.29) is 11.4 Å². The Labute approximate surface area is 208 Å². The lowest BCUT2D eigenvalue weighted by molar-refractivity contribution is -0.137. The molecule has 0 radical (unpaired) electrons. The van der Waals surface area contributed by atoms with Crippen molar-refractivity contribution in [2.75, 3.05) is 5.32 Å². The second-order valence-corrected chi connectivity index (χ2v) is 8.23. The summed E-state index contributed by atoms with van der Waals surface area (Å²) in [4.78, 5) is 20.9. The first-order valence-electron chi connectivity index (χ1n) is 11.0. The predicted molar refractivity (Wildman–Crippen MR) is 130 cm³/mol. The Balaban J connectivity index is 1.38. The highest BCUT2D eigenvalue weighted by Gasteiger charge is 2.30. The Morgan fingerprint density at radius 1 is 1.03 bits per heavy atom. The molecule has 37 heavy (non-hydrogen) atoms. The molecule has 11 heteroatoms. The molecule has 0 bridgehead atoms. The highest BCUT2D eigenvalue weighted by atomic mass is 19.4. The minimum absolute atomic E-state index is 0.192. The molecule has 1 N–H and O–H groups in total.